The molecule has 1 amide bonds. The van der Waals surface area contributed by atoms with Crippen molar-refractivity contribution in [3.05, 3.63) is 39.9 Å². The fourth-order valence-electron chi connectivity index (χ4n) is 1.44. The van der Waals surface area contributed by atoms with E-state index in [-0.39, 0.29) is 5.91 Å². The number of hydrogen-bond donors (Lipinski definition) is 1. The van der Waals surface area contributed by atoms with E-state index < -0.39 is 0 Å². The molecule has 0 fully saturated rings. The Morgan fingerprint density at radius 3 is 2.94 bits per heavy atom. The van der Waals surface area contributed by atoms with E-state index in [1.165, 1.54) is 23.1 Å². The molecule has 5 heteroatoms. The van der Waals surface area contributed by atoms with Crippen LogP contribution in [0.2, 0.25) is 0 Å². The summed E-state index contributed by atoms with van der Waals surface area (Å²) in [5, 5.41) is 5.36. The second-order valence-corrected chi connectivity index (χ2v) is 5.80. The van der Waals surface area contributed by atoms with Crippen LogP contribution in [-0.2, 0) is 17.6 Å². The van der Waals surface area contributed by atoms with Gasteiger partial charge in [0.1, 0.15) is 0 Å². The van der Waals surface area contributed by atoms with Gasteiger partial charge in [0.05, 0.1) is 5.69 Å². The Labute approximate surface area is 109 Å². The average molecular weight is 265 g/mol. The highest BCUT2D eigenvalue weighted by Gasteiger charge is 2.04. The molecular formula is C12H13N2OS2. The minimum absolute atomic E-state index is 0.0779. The third kappa shape index (κ3) is 3.64. The summed E-state index contributed by atoms with van der Waals surface area (Å²) >= 11 is 3.19. The van der Waals surface area contributed by atoms with Crippen LogP contribution in [0.1, 0.15) is 22.4 Å². The van der Waals surface area contributed by atoms with Crippen LogP contribution in [0.25, 0.3) is 0 Å². The maximum absolute atomic E-state index is 10.9. The van der Waals surface area contributed by atoms with Crippen LogP contribution in [0.5, 0.6) is 0 Å². The smallest absolute Gasteiger partial charge is 0.223 e. The molecule has 0 saturated carbocycles. The Kier molecular flexibility index (Phi) is 3.91. The quantitative estimate of drug-likeness (QED) is 0.922. The maximum Gasteiger partial charge on any atom is 0.223 e. The van der Waals surface area contributed by atoms with Crippen molar-refractivity contribution < 1.29 is 4.79 Å². The zero-order valence-electron chi connectivity index (χ0n) is 9.53. The Hall–Kier alpha value is -1.20. The van der Waals surface area contributed by atoms with Gasteiger partial charge in [0.2, 0.25) is 5.91 Å². The van der Waals surface area contributed by atoms with Crippen LogP contribution in [0.15, 0.2) is 17.5 Å². The minimum Gasteiger partial charge on any atom is -0.302 e. The number of carbonyl (C=O) groups excluding carboxylic acids is 1. The highest BCUT2D eigenvalue weighted by molar-refractivity contribution is 7.14. The summed E-state index contributed by atoms with van der Waals surface area (Å²) in [6.45, 7) is 5.38. The maximum atomic E-state index is 10.9. The predicted molar refractivity (Wildman–Crippen MR) is 72.6 cm³/mol. The number of anilines is 1. The molecule has 2 rings (SSSR count). The zero-order chi connectivity index (χ0) is 12.3. The van der Waals surface area contributed by atoms with E-state index in [0.717, 1.165) is 23.4 Å². The fourth-order valence-corrected chi connectivity index (χ4v) is 3.04. The number of hydrogen-bond acceptors (Lipinski definition) is 4. The first kappa shape index (κ1) is 12.3. The lowest BCUT2D eigenvalue weighted by molar-refractivity contribution is -0.114. The monoisotopic (exact) mass is 265 g/mol. The first-order valence-corrected chi connectivity index (χ1v) is 6.96. The van der Waals surface area contributed by atoms with Crippen LogP contribution in [0, 0.1) is 6.92 Å². The minimum atomic E-state index is -0.0779. The van der Waals surface area contributed by atoms with Gasteiger partial charge in [0, 0.05) is 22.1 Å². The molecule has 2 aromatic rings. The largest absolute Gasteiger partial charge is 0.302 e. The van der Waals surface area contributed by atoms with Gasteiger partial charge in [-0.05, 0) is 31.9 Å². The van der Waals surface area contributed by atoms with E-state index in [2.05, 4.69) is 23.3 Å². The number of nitrogens with zero attached hydrogens (tertiary/aromatic N) is 1. The number of thiazole rings is 1. The van der Waals surface area contributed by atoms with E-state index >= 15 is 0 Å². The number of amides is 1. The van der Waals surface area contributed by atoms with Crippen LogP contribution in [-0.4, -0.2) is 10.9 Å². The second kappa shape index (κ2) is 5.42. The fraction of sp³-hybridized carbons (Fsp3) is 0.250. The molecule has 1 N–H and O–H groups in total. The van der Waals surface area contributed by atoms with Gasteiger partial charge in [-0.2, -0.15) is 0 Å². The van der Waals surface area contributed by atoms with Gasteiger partial charge >= 0.3 is 0 Å². The van der Waals surface area contributed by atoms with E-state index in [9.17, 15) is 4.79 Å². The first-order chi connectivity index (χ1) is 8.13. The standard InChI is InChI=1S/C12H13N2OS2/c1-8-3-5-11(17-8)6-4-10-7-16-12(14-10)13-9(2)15/h3,5,7H,1,4,6H2,2H3,(H,13,14,15). The van der Waals surface area contributed by atoms with E-state index in [1.54, 1.807) is 11.3 Å². The molecular weight excluding hydrogens is 252 g/mol. The summed E-state index contributed by atoms with van der Waals surface area (Å²) in [6, 6.07) is 4.14. The predicted octanol–water partition coefficient (Wildman–Crippen LogP) is 3.13. The van der Waals surface area contributed by atoms with Gasteiger partial charge in [0.25, 0.3) is 0 Å². The second-order valence-electron chi connectivity index (χ2n) is 3.69. The van der Waals surface area contributed by atoms with Crippen molar-refractivity contribution in [3.8, 4) is 0 Å². The SMILES string of the molecule is [CH2]c1ccc(CCc2csc(NC(C)=O)n2)s1. The summed E-state index contributed by atoms with van der Waals surface area (Å²) in [7, 11) is 0. The van der Waals surface area contributed by atoms with Crippen molar-refractivity contribution in [3.63, 3.8) is 0 Å². The third-order valence-corrected chi connectivity index (χ3v) is 3.99. The van der Waals surface area contributed by atoms with Crippen LogP contribution < -0.4 is 5.32 Å². The van der Waals surface area contributed by atoms with Gasteiger partial charge in [-0.25, -0.2) is 4.98 Å². The number of rotatable bonds is 4. The highest BCUT2D eigenvalue weighted by Crippen LogP contribution is 2.20. The molecule has 0 atom stereocenters. The average Bonchev–Trinajstić information content (AvgIpc) is 2.84. The molecule has 0 bridgehead atoms. The lowest BCUT2D eigenvalue weighted by atomic mass is 10.2. The highest BCUT2D eigenvalue weighted by atomic mass is 32.1. The third-order valence-electron chi connectivity index (χ3n) is 2.18. The molecule has 0 saturated heterocycles. The van der Waals surface area contributed by atoms with Crippen molar-refractivity contribution in [2.45, 2.75) is 19.8 Å². The lowest BCUT2D eigenvalue weighted by Crippen LogP contribution is -2.05. The van der Waals surface area contributed by atoms with Crippen molar-refractivity contribution in [2.24, 2.45) is 0 Å². The molecule has 0 unspecified atom stereocenters. The lowest BCUT2D eigenvalue weighted by Gasteiger charge is -1.95. The van der Waals surface area contributed by atoms with E-state index in [4.69, 9.17) is 0 Å². The molecule has 1 radical (unpaired) electrons. The summed E-state index contributed by atoms with van der Waals surface area (Å²) in [5.41, 5.74) is 1.03. The summed E-state index contributed by atoms with van der Waals surface area (Å²) in [5.74, 6) is -0.0779. The van der Waals surface area contributed by atoms with Gasteiger partial charge in [-0.1, -0.05) is 0 Å². The normalized spacial score (nSPS) is 10.5. The van der Waals surface area contributed by atoms with Crippen LogP contribution >= 0.6 is 22.7 Å². The zero-order valence-corrected chi connectivity index (χ0v) is 11.2. The molecule has 0 aliphatic heterocycles. The van der Waals surface area contributed by atoms with Gasteiger partial charge in [-0.15, -0.1) is 22.7 Å². The van der Waals surface area contributed by atoms with E-state index in [1.807, 2.05) is 11.4 Å². The molecule has 3 nitrogen and oxygen atoms in total. The number of nitrogens with one attached hydrogen (secondary N) is 1. The molecule has 2 aromatic heterocycles. The number of aromatic nitrogens is 1. The molecule has 0 aliphatic carbocycles. The van der Waals surface area contributed by atoms with Crippen molar-refractivity contribution in [1.29, 1.82) is 0 Å². The van der Waals surface area contributed by atoms with Crippen LogP contribution in [0.3, 0.4) is 0 Å². The Bertz CT molecular complexity index is 516. The van der Waals surface area contributed by atoms with Gasteiger partial charge in [-0.3, -0.25) is 4.79 Å². The number of aryl methyl sites for hydroxylation is 2. The molecule has 0 spiro atoms. The van der Waals surface area contributed by atoms with Crippen LogP contribution in [0.4, 0.5) is 5.13 Å². The topological polar surface area (TPSA) is 42.0 Å². The van der Waals surface area contributed by atoms with Gasteiger partial charge in [0.15, 0.2) is 5.13 Å². The molecule has 2 heterocycles. The molecule has 0 aliphatic rings. The molecule has 17 heavy (non-hydrogen) atoms. The number of thiophene rings is 1. The Morgan fingerprint density at radius 2 is 2.29 bits per heavy atom. The first-order valence-electron chi connectivity index (χ1n) is 5.26. The summed E-state index contributed by atoms with van der Waals surface area (Å²) in [6.07, 6.45) is 1.87. The summed E-state index contributed by atoms with van der Waals surface area (Å²) < 4.78 is 0. The van der Waals surface area contributed by atoms with Crippen molar-refractivity contribution >= 4 is 33.7 Å². The van der Waals surface area contributed by atoms with Gasteiger partial charge < -0.3 is 5.32 Å². The van der Waals surface area contributed by atoms with Crippen molar-refractivity contribution in [1.82, 2.24) is 4.98 Å². The Morgan fingerprint density at radius 1 is 1.47 bits per heavy atom. The number of carbonyl (C=O) groups is 1. The van der Waals surface area contributed by atoms with Crippen molar-refractivity contribution in [2.75, 3.05) is 5.32 Å². The molecule has 89 valence electrons. The van der Waals surface area contributed by atoms with E-state index in [0.29, 0.717) is 5.13 Å². The Balaban J connectivity index is 1.91. The molecule has 0 aromatic carbocycles. The summed E-state index contributed by atoms with van der Waals surface area (Å²) in [4.78, 5) is 17.6.